The lowest BCUT2D eigenvalue weighted by molar-refractivity contribution is -0.124. The molecule has 4 aromatic rings. The van der Waals surface area contributed by atoms with Gasteiger partial charge in [0, 0.05) is 35.0 Å². The number of anilines is 2. The summed E-state index contributed by atoms with van der Waals surface area (Å²) in [5.74, 6) is -2.63. The fourth-order valence-electron chi connectivity index (χ4n) is 5.73. The van der Waals surface area contributed by atoms with Crippen LogP contribution in [-0.4, -0.2) is 62.3 Å². The molecule has 3 unspecified atom stereocenters. The first-order chi connectivity index (χ1) is 21.7. The number of aryl methyl sites for hydroxylation is 1. The van der Waals surface area contributed by atoms with E-state index in [4.69, 9.17) is 11.6 Å². The molecule has 0 saturated carbocycles. The number of sulfone groups is 1. The van der Waals surface area contributed by atoms with Gasteiger partial charge in [-0.25, -0.2) is 13.2 Å². The van der Waals surface area contributed by atoms with E-state index >= 15 is 4.48 Å². The molecule has 0 aliphatic carbocycles. The number of urea groups is 1. The number of halogens is 2. The van der Waals surface area contributed by atoms with E-state index in [1.165, 1.54) is 36.4 Å². The van der Waals surface area contributed by atoms with Crippen molar-refractivity contribution in [2.45, 2.75) is 29.0 Å². The maximum Gasteiger partial charge on any atom is 0.322 e. The summed E-state index contributed by atoms with van der Waals surface area (Å²) in [7, 11) is -9.05. The van der Waals surface area contributed by atoms with E-state index in [-0.39, 0.29) is 22.7 Å². The number of carbonyl (C=O) groups is 2. The highest BCUT2D eigenvalue weighted by Gasteiger charge is 2.56. The number of amides is 3. The van der Waals surface area contributed by atoms with Gasteiger partial charge in [-0.2, -0.15) is 8.42 Å². The number of hydrogen-bond donors (Lipinski definition) is 2. The second-order valence-corrected chi connectivity index (χ2v) is 14.9. The standard InChI is InChI=1S/C32H29ClFN3O7S2/c1-20-8-6-7-11-25(20)27-19-36(32(39)35-23-14-12-22(33)13-15-23)29(30(27)46(42,43)44)31(38)37(34)24-16-17-26(21-9-4-3-5-10-21)28(18-24)45(2,40)41/h3-18,27,29-30H,19H2,1-2H3,(H,35,39)(H,42,43,44). The van der Waals surface area contributed by atoms with Crippen LogP contribution < -0.4 is 10.4 Å². The molecule has 0 bridgehead atoms. The molecule has 240 valence electrons. The van der Waals surface area contributed by atoms with Crippen LogP contribution in [0.15, 0.2) is 102 Å². The zero-order valence-electron chi connectivity index (χ0n) is 24.5. The van der Waals surface area contributed by atoms with Gasteiger partial charge in [0.25, 0.3) is 16.0 Å². The Morgan fingerprint density at radius 3 is 2.17 bits per heavy atom. The number of hydrogen-bond acceptors (Lipinski definition) is 6. The largest absolute Gasteiger partial charge is 0.322 e. The monoisotopic (exact) mass is 685 g/mol. The lowest BCUT2D eigenvalue weighted by Gasteiger charge is -2.28. The summed E-state index contributed by atoms with van der Waals surface area (Å²) in [6, 6.07) is 21.6. The molecular weight excluding hydrogens is 657 g/mol. The van der Waals surface area contributed by atoms with Crippen molar-refractivity contribution in [1.29, 1.82) is 0 Å². The molecular formula is C32H29ClFN3O7S2. The van der Waals surface area contributed by atoms with Crippen molar-refractivity contribution in [3.05, 3.63) is 113 Å². The Morgan fingerprint density at radius 2 is 1.57 bits per heavy atom. The third-order valence-electron chi connectivity index (χ3n) is 7.85. The third kappa shape index (κ3) is 6.77. The number of nitrogens with zero attached hydrogens (tertiary/aromatic N) is 2. The molecule has 5 rings (SSSR count). The lowest BCUT2D eigenvalue weighted by Crippen LogP contribution is -2.52. The summed E-state index contributed by atoms with van der Waals surface area (Å²) >= 11 is 5.94. The highest BCUT2D eigenvalue weighted by molar-refractivity contribution is 7.90. The van der Waals surface area contributed by atoms with Crippen molar-refractivity contribution >= 4 is 54.9 Å². The van der Waals surface area contributed by atoms with Gasteiger partial charge in [0.15, 0.2) is 9.84 Å². The molecule has 46 heavy (non-hydrogen) atoms. The van der Waals surface area contributed by atoms with Crippen LogP contribution in [0.25, 0.3) is 11.1 Å². The van der Waals surface area contributed by atoms with Crippen LogP contribution >= 0.6 is 11.6 Å². The first-order valence-electron chi connectivity index (χ1n) is 13.9. The number of likely N-dealkylation sites (tertiary alicyclic amines) is 1. The quantitative estimate of drug-likeness (QED) is 0.183. The molecule has 1 aliphatic heterocycles. The van der Waals surface area contributed by atoms with Crippen LogP contribution in [0.5, 0.6) is 0 Å². The Morgan fingerprint density at radius 1 is 0.935 bits per heavy atom. The van der Waals surface area contributed by atoms with Gasteiger partial charge in [-0.05, 0) is 60.0 Å². The minimum atomic E-state index is -5.09. The van der Waals surface area contributed by atoms with Gasteiger partial charge in [-0.15, -0.1) is 5.12 Å². The summed E-state index contributed by atoms with van der Waals surface area (Å²) in [6.45, 7) is 1.33. The number of benzene rings is 4. The van der Waals surface area contributed by atoms with Crippen molar-refractivity contribution in [2.24, 2.45) is 0 Å². The fraction of sp³-hybridized carbons (Fsp3) is 0.188. The van der Waals surface area contributed by atoms with Crippen LogP contribution in [0.1, 0.15) is 17.0 Å². The fourth-order valence-corrected chi connectivity index (χ4v) is 8.01. The van der Waals surface area contributed by atoms with Crippen molar-refractivity contribution < 1.29 is 35.5 Å². The normalized spacial score (nSPS) is 18.3. The summed E-state index contributed by atoms with van der Waals surface area (Å²) in [5, 5.41) is 0.596. The van der Waals surface area contributed by atoms with Gasteiger partial charge in [-0.1, -0.05) is 76.7 Å². The molecule has 4 aromatic carbocycles. The summed E-state index contributed by atoms with van der Waals surface area (Å²) in [4.78, 5) is 28.2. The van der Waals surface area contributed by atoms with Gasteiger partial charge in [-0.3, -0.25) is 9.35 Å². The van der Waals surface area contributed by atoms with Crippen molar-refractivity contribution in [3.63, 3.8) is 0 Å². The molecule has 0 radical (unpaired) electrons. The molecule has 1 saturated heterocycles. The van der Waals surface area contributed by atoms with Gasteiger partial charge >= 0.3 is 6.03 Å². The topological polar surface area (TPSA) is 141 Å². The minimum Gasteiger partial charge on any atom is -0.310 e. The highest BCUT2D eigenvalue weighted by atomic mass is 35.5. The molecule has 0 aromatic heterocycles. The van der Waals surface area contributed by atoms with Crippen molar-refractivity contribution in [3.8, 4) is 11.1 Å². The molecule has 0 spiro atoms. The Labute approximate surface area is 271 Å². The Balaban J connectivity index is 1.60. The SMILES string of the molecule is Cc1ccccc1C1CN(C(=O)Nc2ccc(Cl)cc2)C(C(=O)N(F)c2ccc(-c3ccccc3)c(S(C)(=O)=O)c2)C1S(=O)(=O)O. The van der Waals surface area contributed by atoms with Crippen molar-refractivity contribution in [1.82, 2.24) is 4.90 Å². The van der Waals surface area contributed by atoms with Gasteiger partial charge < -0.3 is 10.2 Å². The smallest absolute Gasteiger partial charge is 0.310 e. The molecule has 1 fully saturated rings. The molecule has 3 atom stereocenters. The van der Waals surface area contributed by atoms with Crippen molar-refractivity contribution in [2.75, 3.05) is 23.2 Å². The maximum absolute atomic E-state index is 16.2. The first-order valence-corrected chi connectivity index (χ1v) is 17.7. The second-order valence-electron chi connectivity index (χ2n) is 10.9. The summed E-state index contributed by atoms with van der Waals surface area (Å²) in [5.41, 5.74) is 1.58. The lowest BCUT2D eigenvalue weighted by atomic mass is 9.92. The minimum absolute atomic E-state index is 0.257. The second kappa shape index (κ2) is 12.8. The molecule has 14 heteroatoms. The molecule has 1 heterocycles. The Kier molecular flexibility index (Phi) is 9.23. The Hall–Kier alpha value is -4.30. The van der Waals surface area contributed by atoms with E-state index in [1.54, 1.807) is 61.5 Å². The summed E-state index contributed by atoms with van der Waals surface area (Å²) in [6.07, 6.45) is 0.934. The maximum atomic E-state index is 16.2. The summed E-state index contributed by atoms with van der Waals surface area (Å²) < 4.78 is 78.1. The molecule has 3 amide bonds. The van der Waals surface area contributed by atoms with Gasteiger partial charge in [0.2, 0.25) is 0 Å². The van der Waals surface area contributed by atoms with E-state index < -0.39 is 59.9 Å². The molecule has 10 nitrogen and oxygen atoms in total. The predicted octanol–water partition coefficient (Wildman–Crippen LogP) is 5.89. The van der Waals surface area contributed by atoms with Gasteiger partial charge in [0.05, 0.1) is 10.6 Å². The average Bonchev–Trinajstić information content (AvgIpc) is 3.43. The van der Waals surface area contributed by atoms with Crippen LogP contribution in [0, 0.1) is 6.92 Å². The zero-order valence-corrected chi connectivity index (χ0v) is 26.9. The average molecular weight is 686 g/mol. The van der Waals surface area contributed by atoms with Crippen LogP contribution in [0.3, 0.4) is 0 Å². The highest BCUT2D eigenvalue weighted by Crippen LogP contribution is 2.40. The predicted molar refractivity (Wildman–Crippen MR) is 174 cm³/mol. The van der Waals surface area contributed by atoms with Crippen LogP contribution in [0.4, 0.5) is 20.7 Å². The van der Waals surface area contributed by atoms with E-state index in [2.05, 4.69) is 5.32 Å². The van der Waals surface area contributed by atoms with E-state index in [0.717, 1.165) is 17.2 Å². The number of nitrogens with one attached hydrogen (secondary N) is 1. The van der Waals surface area contributed by atoms with E-state index in [9.17, 15) is 31.0 Å². The zero-order chi connectivity index (χ0) is 33.4. The Bertz CT molecular complexity index is 2010. The van der Waals surface area contributed by atoms with E-state index in [1.807, 2.05) is 0 Å². The van der Waals surface area contributed by atoms with Crippen LogP contribution in [-0.2, 0) is 24.7 Å². The molecule has 1 aliphatic rings. The van der Waals surface area contributed by atoms with E-state index in [0.29, 0.717) is 21.7 Å². The number of rotatable bonds is 7. The first kappa shape index (κ1) is 33.1. The third-order valence-corrected chi connectivity index (χ3v) is 10.5. The number of carbonyl (C=O) groups excluding carboxylic acids is 2. The molecule has 2 N–H and O–H groups in total. The van der Waals surface area contributed by atoms with Gasteiger partial charge in [0.1, 0.15) is 11.3 Å². The van der Waals surface area contributed by atoms with Crippen LogP contribution in [0.2, 0.25) is 5.02 Å².